The van der Waals surface area contributed by atoms with Gasteiger partial charge >= 0.3 is 11.9 Å². The first-order valence-electron chi connectivity index (χ1n) is 9.09. The normalized spacial score (nSPS) is 15.1. The summed E-state index contributed by atoms with van der Waals surface area (Å²) >= 11 is 3.49. The molecular weight excluding hydrogens is 476 g/mol. The molecule has 2 N–H and O–H groups in total. The number of piperazine rings is 1. The second kappa shape index (κ2) is 10.7. The molecule has 30 heavy (non-hydrogen) atoms. The Balaban J connectivity index is 0.000000469. The summed E-state index contributed by atoms with van der Waals surface area (Å²) in [6.45, 7) is 5.36. The molecular formula is C20H23BrN2O6S. The highest BCUT2D eigenvalue weighted by molar-refractivity contribution is 9.10. The van der Waals surface area contributed by atoms with Crippen molar-refractivity contribution in [1.29, 1.82) is 0 Å². The molecule has 0 unspecified atom stereocenters. The van der Waals surface area contributed by atoms with Crippen molar-refractivity contribution in [2.24, 2.45) is 0 Å². The summed E-state index contributed by atoms with van der Waals surface area (Å²) in [5, 5.41) is 14.8. The predicted octanol–water partition coefficient (Wildman–Crippen LogP) is 2.42. The number of halogens is 1. The van der Waals surface area contributed by atoms with Crippen LogP contribution in [0.15, 0.2) is 57.9 Å². The van der Waals surface area contributed by atoms with E-state index >= 15 is 0 Å². The minimum atomic E-state index is -3.38. The zero-order chi connectivity index (χ0) is 22.3. The average molecular weight is 499 g/mol. The molecule has 1 aliphatic rings. The van der Waals surface area contributed by atoms with Gasteiger partial charge in [0.25, 0.3) is 0 Å². The van der Waals surface area contributed by atoms with Gasteiger partial charge in [-0.05, 0) is 36.8 Å². The van der Waals surface area contributed by atoms with Gasteiger partial charge in [-0.3, -0.25) is 4.90 Å². The van der Waals surface area contributed by atoms with Gasteiger partial charge in [0, 0.05) is 37.2 Å². The van der Waals surface area contributed by atoms with Crippen LogP contribution in [0, 0.1) is 6.92 Å². The van der Waals surface area contributed by atoms with Crippen LogP contribution >= 0.6 is 15.9 Å². The monoisotopic (exact) mass is 498 g/mol. The van der Waals surface area contributed by atoms with Gasteiger partial charge in [0.05, 0.1) is 4.90 Å². The molecule has 10 heteroatoms. The lowest BCUT2D eigenvalue weighted by molar-refractivity contribution is -0.159. The number of hydrogen-bond acceptors (Lipinski definition) is 5. The summed E-state index contributed by atoms with van der Waals surface area (Å²) in [4.78, 5) is 20.9. The molecule has 0 saturated carbocycles. The fraction of sp³-hybridized carbons (Fsp3) is 0.300. The lowest BCUT2D eigenvalue weighted by Gasteiger charge is -2.34. The highest BCUT2D eigenvalue weighted by Crippen LogP contribution is 2.19. The summed E-state index contributed by atoms with van der Waals surface area (Å²) in [6.07, 6.45) is 0. The van der Waals surface area contributed by atoms with Crippen molar-refractivity contribution in [3.63, 3.8) is 0 Å². The first-order chi connectivity index (χ1) is 14.1. The quantitative estimate of drug-likeness (QED) is 0.621. The number of carboxylic acid groups (broad SMARTS) is 2. The van der Waals surface area contributed by atoms with Crippen LogP contribution in [0.5, 0.6) is 0 Å². The van der Waals surface area contributed by atoms with E-state index in [1.807, 2.05) is 31.2 Å². The number of benzene rings is 2. The van der Waals surface area contributed by atoms with Crippen molar-refractivity contribution >= 4 is 37.9 Å². The lowest BCUT2D eigenvalue weighted by Crippen LogP contribution is -2.48. The minimum Gasteiger partial charge on any atom is -0.473 e. The zero-order valence-electron chi connectivity index (χ0n) is 16.4. The molecule has 0 radical (unpaired) electrons. The van der Waals surface area contributed by atoms with Gasteiger partial charge < -0.3 is 10.2 Å². The third kappa shape index (κ3) is 6.91. The SMILES string of the molecule is Cc1ccc(S(=O)(=O)N2CCN(Cc3cccc(Br)c3)CC2)cc1.O=C(O)C(=O)O. The Bertz CT molecular complexity index is 975. The molecule has 2 aromatic rings. The maximum absolute atomic E-state index is 12.7. The molecule has 1 saturated heterocycles. The molecule has 0 spiro atoms. The van der Waals surface area contributed by atoms with Crippen LogP contribution < -0.4 is 0 Å². The van der Waals surface area contributed by atoms with Crippen LogP contribution in [0.3, 0.4) is 0 Å². The van der Waals surface area contributed by atoms with Crippen molar-refractivity contribution in [1.82, 2.24) is 9.21 Å². The highest BCUT2D eigenvalue weighted by atomic mass is 79.9. The summed E-state index contributed by atoms with van der Waals surface area (Å²) < 4.78 is 28.1. The third-order valence-electron chi connectivity index (χ3n) is 4.47. The smallest absolute Gasteiger partial charge is 0.414 e. The number of nitrogens with zero attached hydrogens (tertiary/aromatic N) is 2. The van der Waals surface area contributed by atoms with Crippen molar-refractivity contribution in [2.45, 2.75) is 18.4 Å². The Morgan fingerprint density at radius 3 is 2.03 bits per heavy atom. The maximum atomic E-state index is 12.7. The Kier molecular flexibility index (Phi) is 8.54. The molecule has 0 aromatic heterocycles. The fourth-order valence-electron chi connectivity index (χ4n) is 2.88. The van der Waals surface area contributed by atoms with Gasteiger partial charge in [-0.15, -0.1) is 0 Å². The summed E-state index contributed by atoms with van der Waals surface area (Å²) in [5.74, 6) is -3.65. The molecule has 8 nitrogen and oxygen atoms in total. The van der Waals surface area contributed by atoms with Gasteiger partial charge in [0.2, 0.25) is 10.0 Å². The van der Waals surface area contributed by atoms with E-state index in [0.717, 1.165) is 29.7 Å². The van der Waals surface area contributed by atoms with E-state index in [-0.39, 0.29) is 0 Å². The molecule has 0 amide bonds. The fourth-order valence-corrected chi connectivity index (χ4v) is 4.75. The molecule has 1 heterocycles. The van der Waals surface area contributed by atoms with Gasteiger partial charge in [0.1, 0.15) is 0 Å². The molecule has 3 rings (SSSR count). The lowest BCUT2D eigenvalue weighted by atomic mass is 10.2. The summed E-state index contributed by atoms with van der Waals surface area (Å²) in [6, 6.07) is 15.3. The Labute approximate surface area is 183 Å². The Hall–Kier alpha value is -2.27. The minimum absolute atomic E-state index is 0.383. The van der Waals surface area contributed by atoms with Crippen molar-refractivity contribution < 1.29 is 28.2 Å². The van der Waals surface area contributed by atoms with Crippen molar-refractivity contribution in [3.05, 3.63) is 64.1 Å². The second-order valence-corrected chi connectivity index (χ2v) is 9.59. The van der Waals surface area contributed by atoms with Gasteiger partial charge in [-0.1, -0.05) is 45.8 Å². The molecule has 0 aliphatic carbocycles. The van der Waals surface area contributed by atoms with E-state index in [2.05, 4.69) is 33.0 Å². The number of aryl methyl sites for hydroxylation is 1. The number of carbonyl (C=O) groups is 2. The Morgan fingerprint density at radius 1 is 0.967 bits per heavy atom. The van der Waals surface area contributed by atoms with Crippen LogP contribution in [-0.2, 0) is 26.2 Å². The highest BCUT2D eigenvalue weighted by Gasteiger charge is 2.28. The number of sulfonamides is 1. The topological polar surface area (TPSA) is 115 Å². The van der Waals surface area contributed by atoms with E-state index in [9.17, 15) is 8.42 Å². The first-order valence-corrected chi connectivity index (χ1v) is 11.3. The zero-order valence-corrected chi connectivity index (χ0v) is 18.8. The van der Waals surface area contributed by atoms with Gasteiger partial charge in [0.15, 0.2) is 0 Å². The van der Waals surface area contributed by atoms with E-state index in [0.29, 0.717) is 18.0 Å². The maximum Gasteiger partial charge on any atom is 0.414 e. The summed E-state index contributed by atoms with van der Waals surface area (Å²) in [5.41, 5.74) is 2.30. The second-order valence-electron chi connectivity index (χ2n) is 6.73. The molecule has 162 valence electrons. The number of hydrogen-bond donors (Lipinski definition) is 2. The van der Waals surface area contributed by atoms with E-state index in [1.165, 1.54) is 5.56 Å². The van der Waals surface area contributed by atoms with E-state index in [4.69, 9.17) is 19.8 Å². The molecule has 0 bridgehead atoms. The standard InChI is InChI=1S/C18H21BrN2O2S.C2H2O4/c1-15-5-7-18(8-6-15)24(22,23)21-11-9-20(10-12-21)14-16-3-2-4-17(19)13-16;3-1(4)2(5)6/h2-8,13H,9-12,14H2,1H3;(H,3,4)(H,5,6). The number of aliphatic carboxylic acids is 2. The third-order valence-corrected chi connectivity index (χ3v) is 6.87. The van der Waals surface area contributed by atoms with E-state index < -0.39 is 22.0 Å². The summed E-state index contributed by atoms with van der Waals surface area (Å²) in [7, 11) is -3.38. The van der Waals surface area contributed by atoms with Crippen LogP contribution in [0.2, 0.25) is 0 Å². The van der Waals surface area contributed by atoms with Crippen molar-refractivity contribution in [2.75, 3.05) is 26.2 Å². The van der Waals surface area contributed by atoms with Crippen LogP contribution in [-0.4, -0.2) is 66.0 Å². The van der Waals surface area contributed by atoms with Crippen molar-refractivity contribution in [3.8, 4) is 0 Å². The number of rotatable bonds is 4. The van der Waals surface area contributed by atoms with Crippen LogP contribution in [0.1, 0.15) is 11.1 Å². The average Bonchev–Trinajstić information content (AvgIpc) is 2.69. The number of carboxylic acids is 2. The predicted molar refractivity (Wildman–Crippen MR) is 115 cm³/mol. The molecule has 1 aliphatic heterocycles. The van der Waals surface area contributed by atoms with Gasteiger partial charge in [-0.2, -0.15) is 4.31 Å². The van der Waals surface area contributed by atoms with Crippen LogP contribution in [0.4, 0.5) is 0 Å². The van der Waals surface area contributed by atoms with Crippen LogP contribution in [0.25, 0.3) is 0 Å². The molecule has 2 aromatic carbocycles. The molecule has 0 atom stereocenters. The molecule has 1 fully saturated rings. The van der Waals surface area contributed by atoms with Gasteiger partial charge in [-0.25, -0.2) is 18.0 Å². The largest absolute Gasteiger partial charge is 0.473 e. The Morgan fingerprint density at radius 2 is 1.53 bits per heavy atom. The first kappa shape index (κ1) is 24.0. The van der Waals surface area contributed by atoms with E-state index in [1.54, 1.807) is 16.4 Å².